The van der Waals surface area contributed by atoms with E-state index in [9.17, 15) is 9.18 Å². The Kier molecular flexibility index (Phi) is 8.76. The first-order valence-electron chi connectivity index (χ1n) is 17.9. The molecule has 51 heavy (non-hydrogen) atoms. The second kappa shape index (κ2) is 13.1. The van der Waals surface area contributed by atoms with Crippen LogP contribution in [0.15, 0.2) is 42.6 Å². The minimum Gasteiger partial charge on any atom is -0.461 e. The predicted molar refractivity (Wildman–Crippen MR) is 195 cm³/mol. The van der Waals surface area contributed by atoms with Gasteiger partial charge in [0.2, 0.25) is 0 Å². The number of ether oxygens (including phenoxy) is 1. The van der Waals surface area contributed by atoms with E-state index in [-0.39, 0.29) is 41.3 Å². The topological polar surface area (TPSA) is 77.9 Å². The number of anilines is 1. The Morgan fingerprint density at radius 2 is 1.92 bits per heavy atom. The van der Waals surface area contributed by atoms with Crippen molar-refractivity contribution in [2.45, 2.75) is 68.7 Å². The number of hydrogen-bond acceptors (Lipinski definition) is 8. The van der Waals surface area contributed by atoms with E-state index in [1.807, 2.05) is 43.3 Å². The van der Waals surface area contributed by atoms with E-state index in [4.69, 9.17) is 21.3 Å². The van der Waals surface area contributed by atoms with Gasteiger partial charge < -0.3 is 14.5 Å². The maximum atomic E-state index is 16.9. The van der Waals surface area contributed by atoms with E-state index in [0.717, 1.165) is 44.2 Å². The van der Waals surface area contributed by atoms with Crippen molar-refractivity contribution in [1.29, 1.82) is 0 Å². The zero-order valence-corrected chi connectivity index (χ0v) is 30.0. The zero-order valence-electron chi connectivity index (χ0n) is 29.3. The number of likely N-dealkylation sites (N-methyl/N-ethyl adjacent to an activating group) is 1. The lowest BCUT2D eigenvalue weighted by Gasteiger charge is -2.31. The Morgan fingerprint density at radius 1 is 1.12 bits per heavy atom. The van der Waals surface area contributed by atoms with Crippen molar-refractivity contribution in [3.8, 4) is 29.1 Å². The predicted octanol–water partition coefficient (Wildman–Crippen LogP) is 6.12. The molecule has 0 bridgehead atoms. The number of alkyl halides is 1. The lowest BCUT2D eigenvalue weighted by Crippen LogP contribution is -2.43. The number of benzene rings is 2. The van der Waals surface area contributed by atoms with Crippen molar-refractivity contribution in [3.63, 3.8) is 0 Å². The third kappa shape index (κ3) is 6.05. The van der Waals surface area contributed by atoms with Crippen molar-refractivity contribution in [2.75, 3.05) is 58.3 Å². The van der Waals surface area contributed by atoms with Gasteiger partial charge in [-0.15, -0.1) is 0 Å². The number of rotatable bonds is 6. The van der Waals surface area contributed by atoms with Crippen LogP contribution in [0.5, 0.6) is 6.01 Å². The molecule has 0 radical (unpaired) electrons. The van der Waals surface area contributed by atoms with E-state index in [0.29, 0.717) is 59.7 Å². The molecule has 0 N–H and O–H groups in total. The fourth-order valence-corrected chi connectivity index (χ4v) is 8.91. The number of likely N-dealkylation sites (tertiary alicyclic amines) is 2. The summed E-state index contributed by atoms with van der Waals surface area (Å²) in [5.41, 5.74) is 0.0144. The Hall–Kier alpha value is -4.11. The second-order valence-electron chi connectivity index (χ2n) is 14.9. The molecule has 4 fully saturated rings. The molecule has 6 heterocycles. The highest BCUT2D eigenvalue weighted by molar-refractivity contribution is 6.36. The highest BCUT2D eigenvalue weighted by Crippen LogP contribution is 2.41. The molecule has 4 aliphatic heterocycles. The molecule has 12 heteroatoms. The fourth-order valence-electron chi connectivity index (χ4n) is 8.62. The summed E-state index contributed by atoms with van der Waals surface area (Å²) in [4.78, 5) is 35.5. The Labute approximate surface area is 301 Å². The van der Waals surface area contributed by atoms with Gasteiger partial charge in [-0.05, 0) is 76.5 Å². The number of fused-ring (bicyclic) bond motifs is 3. The minimum atomic E-state index is -0.911. The Morgan fingerprint density at radius 3 is 2.73 bits per heavy atom. The number of halogens is 3. The van der Waals surface area contributed by atoms with Crippen LogP contribution in [-0.4, -0.2) is 112 Å². The summed E-state index contributed by atoms with van der Waals surface area (Å²) in [5.74, 6) is 5.79. The largest absolute Gasteiger partial charge is 0.461 e. The van der Waals surface area contributed by atoms with Gasteiger partial charge in [-0.25, -0.2) is 8.78 Å². The molecule has 9 nitrogen and oxygen atoms in total. The molecule has 4 atom stereocenters. The lowest BCUT2D eigenvalue weighted by molar-refractivity contribution is -0.124. The Bertz CT molecular complexity index is 2080. The summed E-state index contributed by atoms with van der Waals surface area (Å²) in [6.45, 7) is 5.46. The van der Waals surface area contributed by atoms with Gasteiger partial charge >= 0.3 is 6.01 Å². The van der Waals surface area contributed by atoms with E-state index >= 15 is 4.39 Å². The van der Waals surface area contributed by atoms with Crippen LogP contribution in [-0.2, 0) is 4.79 Å². The van der Waals surface area contributed by atoms with Gasteiger partial charge in [0, 0.05) is 61.3 Å². The number of nitrogens with zero attached hydrogens (tertiary/aromatic N) is 7. The molecule has 4 aromatic rings. The molecule has 8 rings (SSSR count). The summed E-state index contributed by atoms with van der Waals surface area (Å²) in [5, 5.41) is 2.48. The van der Waals surface area contributed by atoms with Crippen LogP contribution in [0.4, 0.5) is 14.6 Å². The van der Waals surface area contributed by atoms with Crippen LogP contribution >= 0.6 is 11.6 Å². The SMILES string of the molecule is CN(c1nc(OC[C@@]23CCCN2C[C@H](F)C3)nc2c(F)c(-c3cccc4cccc(Cl)c34)ncc12)[C@@H]1CCN(C(=O)C#C[C@@]2(C)CCCN2C)C1. The second-order valence-corrected chi connectivity index (χ2v) is 15.3. The standard InChI is InChI=1S/C39H42ClF2N7O2/c1-38(14-6-17-46(38)2)16-12-31(50)48-19-13-27(23-48)47(3)36-29-21-43-34(28-10-4-8-25-9-5-11-30(40)32(25)28)33(42)35(29)44-37(45-36)51-24-39-15-7-18-49(39)22-26(41)20-39/h4-5,8-11,21,26-27H,6-7,13-15,17-20,22-24H2,1-3H3/t26-,27-,38-,39+/m1/s1. The van der Waals surface area contributed by atoms with Crippen molar-refractivity contribution >= 4 is 45.0 Å². The summed E-state index contributed by atoms with van der Waals surface area (Å²) in [6, 6.07) is 11.0. The summed E-state index contributed by atoms with van der Waals surface area (Å²) >= 11 is 6.63. The lowest BCUT2D eigenvalue weighted by atomic mass is 9.95. The number of amides is 1. The first-order valence-corrected chi connectivity index (χ1v) is 18.2. The molecule has 0 unspecified atom stereocenters. The smallest absolute Gasteiger partial charge is 0.319 e. The maximum absolute atomic E-state index is 16.9. The number of carbonyl (C=O) groups excluding carboxylic acids is 1. The van der Waals surface area contributed by atoms with Gasteiger partial charge in [0.05, 0.1) is 16.5 Å². The van der Waals surface area contributed by atoms with Gasteiger partial charge in [-0.2, -0.15) is 9.97 Å². The van der Waals surface area contributed by atoms with Crippen molar-refractivity contribution < 1.29 is 18.3 Å². The van der Waals surface area contributed by atoms with Crippen LogP contribution in [0, 0.1) is 17.7 Å². The highest BCUT2D eigenvalue weighted by atomic mass is 35.5. The van der Waals surface area contributed by atoms with Crippen molar-refractivity contribution in [2.24, 2.45) is 0 Å². The fraction of sp³-hybridized carbons (Fsp3) is 0.487. The summed E-state index contributed by atoms with van der Waals surface area (Å²) < 4.78 is 37.7. The van der Waals surface area contributed by atoms with Crippen molar-refractivity contribution in [1.82, 2.24) is 29.7 Å². The van der Waals surface area contributed by atoms with Crippen LogP contribution in [0.2, 0.25) is 5.02 Å². The monoisotopic (exact) mass is 713 g/mol. The first kappa shape index (κ1) is 34.0. The van der Waals surface area contributed by atoms with Crippen LogP contribution in [0.25, 0.3) is 32.9 Å². The molecule has 4 aliphatic rings. The third-order valence-corrected chi connectivity index (χ3v) is 12.1. The third-order valence-electron chi connectivity index (χ3n) is 11.8. The molecule has 2 aromatic heterocycles. The van der Waals surface area contributed by atoms with E-state index in [2.05, 4.69) is 38.5 Å². The van der Waals surface area contributed by atoms with E-state index < -0.39 is 17.5 Å². The highest BCUT2D eigenvalue weighted by Gasteiger charge is 2.49. The van der Waals surface area contributed by atoms with E-state index in [1.54, 1.807) is 23.2 Å². The average Bonchev–Trinajstić information content (AvgIpc) is 3.90. The number of pyridine rings is 1. The zero-order chi connectivity index (χ0) is 35.5. The van der Waals surface area contributed by atoms with Crippen LogP contribution < -0.4 is 9.64 Å². The average molecular weight is 714 g/mol. The Balaban J connectivity index is 1.14. The van der Waals surface area contributed by atoms with Crippen LogP contribution in [0.1, 0.15) is 45.4 Å². The molecule has 0 aliphatic carbocycles. The van der Waals surface area contributed by atoms with E-state index in [1.165, 1.54) is 0 Å². The van der Waals surface area contributed by atoms with Gasteiger partial charge in [0.25, 0.3) is 5.91 Å². The molecular weight excluding hydrogens is 672 g/mol. The number of aromatic nitrogens is 3. The summed E-state index contributed by atoms with van der Waals surface area (Å²) in [6.07, 6.45) is 5.55. The molecule has 2 aromatic carbocycles. The maximum Gasteiger partial charge on any atom is 0.319 e. The van der Waals surface area contributed by atoms with Gasteiger partial charge in [-0.1, -0.05) is 47.9 Å². The molecule has 0 spiro atoms. The summed E-state index contributed by atoms with van der Waals surface area (Å²) in [7, 11) is 3.94. The van der Waals surface area contributed by atoms with Crippen molar-refractivity contribution in [3.05, 3.63) is 53.4 Å². The van der Waals surface area contributed by atoms with Gasteiger partial charge in [0.1, 0.15) is 29.8 Å². The van der Waals surface area contributed by atoms with Crippen LogP contribution in [0.3, 0.4) is 0 Å². The normalized spacial score (nSPS) is 26.5. The first-order chi connectivity index (χ1) is 24.5. The molecular formula is C39H42ClF2N7O2. The van der Waals surface area contributed by atoms with Gasteiger partial charge in [-0.3, -0.25) is 19.6 Å². The number of hydrogen-bond donors (Lipinski definition) is 0. The van der Waals surface area contributed by atoms with Gasteiger partial charge in [0.15, 0.2) is 5.82 Å². The number of carbonyl (C=O) groups is 1. The molecule has 1 amide bonds. The quantitative estimate of drug-likeness (QED) is 0.222. The molecule has 266 valence electrons. The minimum absolute atomic E-state index is 0.0191. The molecule has 4 saturated heterocycles. The molecule has 0 saturated carbocycles.